The fourth-order valence-electron chi connectivity index (χ4n) is 6.96. The Morgan fingerprint density at radius 2 is 1.76 bits per heavy atom. The van der Waals surface area contributed by atoms with Gasteiger partial charge in [0, 0.05) is 27.5 Å². The molecule has 0 spiro atoms. The number of nitrogens with zero attached hydrogens (tertiary/aromatic N) is 3. The van der Waals surface area contributed by atoms with Gasteiger partial charge in [0.05, 0.1) is 22.4 Å². The van der Waals surface area contributed by atoms with Crippen LogP contribution >= 0.6 is 22.7 Å². The Kier molecular flexibility index (Phi) is 8.49. The van der Waals surface area contributed by atoms with Gasteiger partial charge in [-0.15, -0.1) is 11.3 Å². The number of rotatable bonds is 7. The minimum atomic E-state index is -0.636. The van der Waals surface area contributed by atoms with E-state index >= 15 is 0 Å². The zero-order valence-electron chi connectivity index (χ0n) is 26.4. The lowest BCUT2D eigenvalue weighted by Gasteiger charge is -2.24. The topological polar surface area (TPSA) is 65.6 Å². The van der Waals surface area contributed by atoms with Gasteiger partial charge in [0.25, 0.3) is 5.56 Å². The first-order chi connectivity index (χ1) is 22.4. The summed E-state index contributed by atoms with van der Waals surface area (Å²) in [6.07, 6.45) is 8.53. The van der Waals surface area contributed by atoms with Crippen molar-refractivity contribution in [1.29, 1.82) is 0 Å². The molecular weight excluding hydrogens is 611 g/mol. The van der Waals surface area contributed by atoms with E-state index in [0.717, 1.165) is 33.1 Å². The van der Waals surface area contributed by atoms with Crippen molar-refractivity contribution in [2.24, 2.45) is 4.99 Å². The van der Waals surface area contributed by atoms with Crippen molar-refractivity contribution in [2.75, 3.05) is 6.61 Å². The molecule has 3 aromatic heterocycles. The Labute approximate surface area is 276 Å². The van der Waals surface area contributed by atoms with Gasteiger partial charge in [-0.25, -0.2) is 9.79 Å². The highest BCUT2D eigenvalue weighted by Crippen LogP contribution is 2.37. The van der Waals surface area contributed by atoms with Gasteiger partial charge < -0.3 is 9.30 Å². The Hall–Kier alpha value is -4.27. The average molecular weight is 648 g/mol. The first-order valence-corrected chi connectivity index (χ1v) is 17.8. The molecule has 7 rings (SSSR count). The fraction of sp³-hybridized carbons (Fsp3) is 0.289. The quantitative estimate of drug-likeness (QED) is 0.172. The second kappa shape index (κ2) is 12.9. The molecular formula is C38H37N3O3S2. The highest BCUT2D eigenvalue weighted by atomic mass is 32.1. The van der Waals surface area contributed by atoms with Crippen LogP contribution < -0.4 is 14.9 Å². The van der Waals surface area contributed by atoms with E-state index in [1.165, 1.54) is 60.3 Å². The minimum Gasteiger partial charge on any atom is -0.463 e. The largest absolute Gasteiger partial charge is 0.463 e. The number of carbonyl (C=O) groups excluding carboxylic acids is 1. The van der Waals surface area contributed by atoms with E-state index in [1.807, 2.05) is 53.9 Å². The Bertz CT molecular complexity index is 2090. The number of carbonyl (C=O) groups is 1. The number of hydrogen-bond acceptors (Lipinski definition) is 6. The summed E-state index contributed by atoms with van der Waals surface area (Å²) in [5.41, 5.74) is 7.28. The van der Waals surface area contributed by atoms with Crippen LogP contribution in [0.2, 0.25) is 0 Å². The molecule has 0 radical (unpaired) electrons. The summed E-state index contributed by atoms with van der Waals surface area (Å²) in [6.45, 7) is 6.23. The van der Waals surface area contributed by atoms with E-state index in [-0.39, 0.29) is 12.2 Å². The third-order valence-electron chi connectivity index (χ3n) is 9.17. The number of thiophene rings is 1. The Balaban J connectivity index is 1.34. The van der Waals surface area contributed by atoms with E-state index in [2.05, 4.69) is 48.7 Å². The van der Waals surface area contributed by atoms with Gasteiger partial charge in [-0.1, -0.05) is 79.1 Å². The number of ether oxygens (including phenoxy) is 1. The molecule has 1 unspecified atom stereocenters. The molecule has 1 aliphatic heterocycles. The lowest BCUT2D eigenvalue weighted by Crippen LogP contribution is -2.39. The molecule has 1 atom stereocenters. The normalized spacial score (nSPS) is 17.2. The van der Waals surface area contributed by atoms with E-state index in [9.17, 15) is 9.59 Å². The summed E-state index contributed by atoms with van der Waals surface area (Å²) in [4.78, 5) is 34.2. The zero-order valence-corrected chi connectivity index (χ0v) is 28.0. The molecule has 46 heavy (non-hydrogen) atoms. The van der Waals surface area contributed by atoms with Crippen LogP contribution in [0.5, 0.6) is 0 Å². The molecule has 5 aromatic rings. The summed E-state index contributed by atoms with van der Waals surface area (Å²) in [7, 11) is 0. The van der Waals surface area contributed by atoms with Crippen LogP contribution in [0, 0.1) is 13.8 Å². The van der Waals surface area contributed by atoms with Crippen LogP contribution in [-0.2, 0) is 9.53 Å². The molecule has 6 nitrogen and oxygen atoms in total. The number of esters is 1. The van der Waals surface area contributed by atoms with E-state index in [0.29, 0.717) is 26.5 Å². The number of fused-ring (bicyclic) bond motifs is 1. The lowest BCUT2D eigenvalue weighted by molar-refractivity contribution is -0.138. The molecule has 1 saturated carbocycles. The van der Waals surface area contributed by atoms with Crippen LogP contribution in [0.15, 0.2) is 93.5 Å². The maximum Gasteiger partial charge on any atom is 0.338 e. The average Bonchev–Trinajstić information content (AvgIpc) is 3.80. The molecule has 8 heteroatoms. The molecule has 234 valence electrons. The summed E-state index contributed by atoms with van der Waals surface area (Å²) in [5, 5.41) is 1.96. The maximum absolute atomic E-state index is 14.3. The van der Waals surface area contributed by atoms with Crippen molar-refractivity contribution in [3.63, 3.8) is 0 Å². The van der Waals surface area contributed by atoms with Crippen molar-refractivity contribution in [2.45, 2.75) is 64.8 Å². The predicted octanol–water partition coefficient (Wildman–Crippen LogP) is 7.45. The van der Waals surface area contributed by atoms with Gasteiger partial charge >= 0.3 is 5.97 Å². The molecule has 0 amide bonds. The molecule has 4 heterocycles. The summed E-state index contributed by atoms with van der Waals surface area (Å²) >= 11 is 2.87. The second-order valence-corrected chi connectivity index (χ2v) is 14.0. The minimum absolute atomic E-state index is 0.169. The standard InChI is InChI=1S/C38H37N3O3S2/c1-4-44-37(43)33-34(28-14-9-6-10-15-28)39-38-41(35(33)31-16-11-21-45-31)36(42)32(46-38)23-29-22-24(2)40(25(29)3)30-19-17-27(18-20-30)26-12-7-5-8-13-26/h6,9-11,14-23,26,35H,4-5,7-8,12-13H2,1-3H3. The molecule has 0 bridgehead atoms. The zero-order chi connectivity index (χ0) is 31.8. The van der Waals surface area contributed by atoms with Crippen molar-refractivity contribution < 1.29 is 9.53 Å². The number of thiazole rings is 1. The van der Waals surface area contributed by atoms with Crippen molar-refractivity contribution in [1.82, 2.24) is 9.13 Å². The first kappa shape index (κ1) is 30.4. The monoisotopic (exact) mass is 647 g/mol. The molecule has 2 aromatic carbocycles. The number of benzene rings is 2. The molecule has 1 aliphatic carbocycles. The second-order valence-electron chi connectivity index (χ2n) is 12.0. The third kappa shape index (κ3) is 5.54. The highest BCUT2D eigenvalue weighted by Gasteiger charge is 2.35. The number of aromatic nitrogens is 2. The summed E-state index contributed by atoms with van der Waals surface area (Å²) in [6, 6.07) is 24.1. The number of aryl methyl sites for hydroxylation is 1. The van der Waals surface area contributed by atoms with Gasteiger partial charge in [0.2, 0.25) is 0 Å². The third-order valence-corrected chi connectivity index (χ3v) is 11.1. The molecule has 1 fully saturated rings. The van der Waals surface area contributed by atoms with Crippen LogP contribution in [0.3, 0.4) is 0 Å². The molecule has 0 saturated heterocycles. The first-order valence-electron chi connectivity index (χ1n) is 16.1. The van der Waals surface area contributed by atoms with Crippen LogP contribution in [0.25, 0.3) is 17.5 Å². The van der Waals surface area contributed by atoms with Gasteiger partial charge in [-0.3, -0.25) is 9.36 Å². The van der Waals surface area contributed by atoms with E-state index in [4.69, 9.17) is 9.73 Å². The SMILES string of the molecule is CCOC(=O)C1=C(c2ccccc2)N=c2sc(=Cc3cc(C)n(-c4ccc(C5CCCCC5)cc4)c3C)c(=O)n2C1c1cccs1. The van der Waals surface area contributed by atoms with Crippen molar-refractivity contribution in [3.8, 4) is 5.69 Å². The van der Waals surface area contributed by atoms with Gasteiger partial charge in [0.15, 0.2) is 4.80 Å². The highest BCUT2D eigenvalue weighted by molar-refractivity contribution is 7.10. The van der Waals surface area contributed by atoms with E-state index < -0.39 is 12.0 Å². The van der Waals surface area contributed by atoms with Gasteiger partial charge in [-0.05, 0) is 86.4 Å². The molecule has 2 aliphatic rings. The van der Waals surface area contributed by atoms with Crippen LogP contribution in [0.4, 0.5) is 0 Å². The van der Waals surface area contributed by atoms with Crippen molar-refractivity contribution in [3.05, 3.63) is 136 Å². The number of hydrogen-bond donors (Lipinski definition) is 0. The Morgan fingerprint density at radius 1 is 1.00 bits per heavy atom. The Morgan fingerprint density at radius 3 is 2.46 bits per heavy atom. The van der Waals surface area contributed by atoms with Gasteiger partial charge in [-0.2, -0.15) is 0 Å². The van der Waals surface area contributed by atoms with Gasteiger partial charge in [0.1, 0.15) is 6.04 Å². The summed E-state index contributed by atoms with van der Waals surface area (Å²) in [5.74, 6) is 0.205. The lowest BCUT2D eigenvalue weighted by atomic mass is 9.84. The fourth-order valence-corrected chi connectivity index (χ4v) is 8.78. The molecule has 0 N–H and O–H groups in total. The van der Waals surface area contributed by atoms with Crippen LogP contribution in [-0.4, -0.2) is 21.7 Å². The maximum atomic E-state index is 14.3. The van der Waals surface area contributed by atoms with Crippen LogP contribution in [0.1, 0.15) is 83.9 Å². The predicted molar refractivity (Wildman–Crippen MR) is 186 cm³/mol. The van der Waals surface area contributed by atoms with E-state index in [1.54, 1.807) is 11.5 Å². The van der Waals surface area contributed by atoms with Crippen molar-refractivity contribution >= 4 is 40.4 Å². The summed E-state index contributed by atoms with van der Waals surface area (Å²) < 4.78 is 10.1. The smallest absolute Gasteiger partial charge is 0.338 e.